The molecular formula is C26H26Cl2N2O2. The maximum Gasteiger partial charge on any atom is 0.162 e. The van der Waals surface area contributed by atoms with Crippen molar-refractivity contribution < 1.29 is 9.84 Å². The van der Waals surface area contributed by atoms with Crippen LogP contribution >= 0.6 is 23.2 Å². The third-order valence-electron chi connectivity index (χ3n) is 5.59. The van der Waals surface area contributed by atoms with Crippen LogP contribution in [0.1, 0.15) is 48.3 Å². The molecule has 0 spiro atoms. The molecule has 2 unspecified atom stereocenters. The number of para-hydroxylation sites is 1. The van der Waals surface area contributed by atoms with Crippen molar-refractivity contribution in [3.05, 3.63) is 99.0 Å². The molecule has 0 saturated heterocycles. The van der Waals surface area contributed by atoms with E-state index in [9.17, 15) is 5.11 Å². The monoisotopic (exact) mass is 468 g/mol. The van der Waals surface area contributed by atoms with Crippen LogP contribution in [-0.4, -0.2) is 11.7 Å². The van der Waals surface area contributed by atoms with Gasteiger partial charge in [-0.2, -0.15) is 0 Å². The van der Waals surface area contributed by atoms with Gasteiger partial charge in [0.25, 0.3) is 0 Å². The van der Waals surface area contributed by atoms with Gasteiger partial charge in [0.2, 0.25) is 0 Å². The topological polar surface area (TPSA) is 53.5 Å². The van der Waals surface area contributed by atoms with Gasteiger partial charge in [-0.1, -0.05) is 72.6 Å². The van der Waals surface area contributed by atoms with Crippen molar-refractivity contribution in [1.82, 2.24) is 10.6 Å². The van der Waals surface area contributed by atoms with E-state index < -0.39 is 0 Å². The Morgan fingerprint density at radius 1 is 0.969 bits per heavy atom. The number of halogens is 2. The highest BCUT2D eigenvalue weighted by molar-refractivity contribution is 6.35. The van der Waals surface area contributed by atoms with Gasteiger partial charge in [-0.25, -0.2) is 0 Å². The lowest BCUT2D eigenvalue weighted by Crippen LogP contribution is -2.39. The van der Waals surface area contributed by atoms with Gasteiger partial charge in [0.1, 0.15) is 6.17 Å². The van der Waals surface area contributed by atoms with Crippen LogP contribution < -0.4 is 15.4 Å². The zero-order valence-corrected chi connectivity index (χ0v) is 19.5. The first-order valence-electron chi connectivity index (χ1n) is 10.7. The first kappa shape index (κ1) is 22.5. The smallest absolute Gasteiger partial charge is 0.162 e. The van der Waals surface area contributed by atoms with Crippen molar-refractivity contribution in [2.45, 2.75) is 32.5 Å². The molecule has 3 aromatic carbocycles. The summed E-state index contributed by atoms with van der Waals surface area (Å²) >= 11 is 12.7. The molecule has 0 aromatic heterocycles. The van der Waals surface area contributed by atoms with Crippen molar-refractivity contribution in [2.75, 3.05) is 6.61 Å². The van der Waals surface area contributed by atoms with E-state index in [4.69, 9.17) is 27.9 Å². The maximum atomic E-state index is 10.9. The van der Waals surface area contributed by atoms with Crippen molar-refractivity contribution in [2.24, 2.45) is 0 Å². The summed E-state index contributed by atoms with van der Waals surface area (Å²) < 4.78 is 5.60. The quantitative estimate of drug-likeness (QED) is 0.379. The predicted octanol–water partition coefficient (Wildman–Crippen LogP) is 6.63. The second kappa shape index (κ2) is 9.86. The summed E-state index contributed by atoms with van der Waals surface area (Å²) in [5.41, 5.74) is 4.89. The Labute approximate surface area is 198 Å². The number of ether oxygens (including phenoxy) is 1. The standard InChI is InChI=1S/C26H26Cl2N2O2/c1-3-16-8-10-17(11-9-16)22-15-23(20-6-5-7-24(25(20)31)32-4-2)30-26(29-22)19-13-12-18(27)14-21(19)28/h5-15,23,26,29-31H,3-4H2,1-2H3. The summed E-state index contributed by atoms with van der Waals surface area (Å²) in [4.78, 5) is 0. The van der Waals surface area contributed by atoms with Crippen LogP contribution in [0.2, 0.25) is 10.0 Å². The highest BCUT2D eigenvalue weighted by atomic mass is 35.5. The van der Waals surface area contributed by atoms with E-state index in [0.29, 0.717) is 22.4 Å². The minimum Gasteiger partial charge on any atom is -0.504 e. The maximum absolute atomic E-state index is 10.9. The Morgan fingerprint density at radius 3 is 2.44 bits per heavy atom. The molecule has 1 heterocycles. The average molecular weight is 469 g/mol. The van der Waals surface area contributed by atoms with Crippen LogP contribution in [0.5, 0.6) is 11.5 Å². The lowest BCUT2D eigenvalue weighted by atomic mass is 9.97. The highest BCUT2D eigenvalue weighted by Crippen LogP contribution is 2.39. The van der Waals surface area contributed by atoms with Crippen LogP contribution in [0.4, 0.5) is 0 Å². The minimum absolute atomic E-state index is 0.131. The van der Waals surface area contributed by atoms with E-state index in [-0.39, 0.29) is 18.0 Å². The average Bonchev–Trinajstić information content (AvgIpc) is 2.80. The SMILES string of the molecule is CCOc1cccc(C2C=C(c3ccc(CC)cc3)NC(c3ccc(Cl)cc3Cl)N2)c1O. The molecule has 0 aliphatic carbocycles. The highest BCUT2D eigenvalue weighted by Gasteiger charge is 2.27. The van der Waals surface area contributed by atoms with Crippen LogP contribution in [0.25, 0.3) is 5.70 Å². The molecule has 1 aliphatic rings. The number of hydrogen-bond donors (Lipinski definition) is 3. The Kier molecular flexibility index (Phi) is 6.95. The number of rotatable bonds is 6. The molecule has 0 radical (unpaired) electrons. The van der Waals surface area contributed by atoms with Gasteiger partial charge < -0.3 is 15.2 Å². The molecule has 0 bridgehead atoms. The van der Waals surface area contributed by atoms with Gasteiger partial charge in [-0.05, 0) is 48.7 Å². The summed E-state index contributed by atoms with van der Waals surface area (Å²) in [6, 6.07) is 19.2. The first-order chi connectivity index (χ1) is 15.5. The molecule has 3 aromatic rings. The van der Waals surface area contributed by atoms with Gasteiger partial charge in [-0.15, -0.1) is 0 Å². The van der Waals surface area contributed by atoms with E-state index in [1.54, 1.807) is 12.1 Å². The largest absolute Gasteiger partial charge is 0.504 e. The Hall–Kier alpha value is -2.66. The number of benzene rings is 3. The second-order valence-corrected chi connectivity index (χ2v) is 8.49. The molecule has 0 amide bonds. The van der Waals surface area contributed by atoms with Crippen LogP contribution in [-0.2, 0) is 6.42 Å². The normalized spacial score (nSPS) is 18.1. The predicted molar refractivity (Wildman–Crippen MR) is 131 cm³/mol. The lowest BCUT2D eigenvalue weighted by molar-refractivity contribution is 0.314. The molecule has 3 N–H and O–H groups in total. The number of nitrogens with one attached hydrogen (secondary N) is 2. The van der Waals surface area contributed by atoms with Gasteiger partial charge in [0.15, 0.2) is 11.5 Å². The molecular weight excluding hydrogens is 443 g/mol. The molecule has 32 heavy (non-hydrogen) atoms. The Bertz CT molecular complexity index is 1130. The summed E-state index contributed by atoms with van der Waals surface area (Å²) in [7, 11) is 0. The summed E-state index contributed by atoms with van der Waals surface area (Å²) in [6.45, 7) is 4.51. The van der Waals surface area contributed by atoms with Gasteiger partial charge in [-0.3, -0.25) is 5.32 Å². The van der Waals surface area contributed by atoms with Crippen LogP contribution in [0.3, 0.4) is 0 Å². The summed E-state index contributed by atoms with van der Waals surface area (Å²) in [6.07, 6.45) is 2.77. The molecule has 0 saturated carbocycles. The van der Waals surface area contributed by atoms with Gasteiger partial charge >= 0.3 is 0 Å². The van der Waals surface area contributed by atoms with Crippen molar-refractivity contribution >= 4 is 28.9 Å². The lowest BCUT2D eigenvalue weighted by Gasteiger charge is -2.34. The number of aryl methyl sites for hydroxylation is 1. The van der Waals surface area contributed by atoms with E-state index >= 15 is 0 Å². The van der Waals surface area contributed by atoms with Crippen molar-refractivity contribution in [3.8, 4) is 11.5 Å². The summed E-state index contributed by atoms with van der Waals surface area (Å²) in [5.74, 6) is 0.597. The third kappa shape index (κ3) is 4.73. The van der Waals surface area contributed by atoms with Crippen LogP contribution in [0.15, 0.2) is 66.7 Å². The minimum atomic E-state index is -0.286. The first-order valence-corrected chi connectivity index (χ1v) is 11.5. The zero-order valence-electron chi connectivity index (χ0n) is 18.0. The fourth-order valence-corrected chi connectivity index (χ4v) is 4.40. The van der Waals surface area contributed by atoms with Gasteiger partial charge in [0, 0.05) is 26.9 Å². The molecule has 4 rings (SSSR count). The van der Waals surface area contributed by atoms with Crippen molar-refractivity contribution in [3.63, 3.8) is 0 Å². The molecule has 6 heteroatoms. The molecule has 4 nitrogen and oxygen atoms in total. The number of phenols is 1. The summed E-state index contributed by atoms with van der Waals surface area (Å²) in [5, 5.41) is 19.1. The number of hydrogen-bond acceptors (Lipinski definition) is 4. The van der Waals surface area contributed by atoms with E-state index in [1.807, 2.05) is 31.2 Å². The van der Waals surface area contributed by atoms with E-state index in [1.165, 1.54) is 5.56 Å². The fraction of sp³-hybridized carbons (Fsp3) is 0.231. The van der Waals surface area contributed by atoms with Gasteiger partial charge in [0.05, 0.1) is 12.6 Å². The third-order valence-corrected chi connectivity index (χ3v) is 6.15. The second-order valence-electron chi connectivity index (χ2n) is 7.65. The molecule has 0 fully saturated rings. The van der Waals surface area contributed by atoms with E-state index in [2.05, 4.69) is 47.9 Å². The fourth-order valence-electron chi connectivity index (χ4n) is 3.88. The molecule has 1 aliphatic heterocycles. The molecule has 166 valence electrons. The number of aromatic hydroxyl groups is 1. The molecule has 2 atom stereocenters. The van der Waals surface area contributed by atoms with E-state index in [0.717, 1.165) is 28.8 Å². The zero-order chi connectivity index (χ0) is 22.7. The van der Waals surface area contributed by atoms with Crippen LogP contribution in [0, 0.1) is 0 Å². The Morgan fingerprint density at radius 2 is 1.75 bits per heavy atom. The van der Waals surface area contributed by atoms with Crippen molar-refractivity contribution in [1.29, 1.82) is 0 Å². The Balaban J connectivity index is 1.77. The number of phenolic OH excluding ortho intramolecular Hbond substituents is 1.